The van der Waals surface area contributed by atoms with Gasteiger partial charge in [0, 0.05) is 88.4 Å². The number of nitrogens with zero attached hydrogens (tertiary/aromatic N) is 10. The number of nitriles is 1. The lowest BCUT2D eigenvalue weighted by Gasteiger charge is -2.43. The molecule has 1 saturated carbocycles. The van der Waals surface area contributed by atoms with Crippen LogP contribution in [0.4, 0.5) is 37.5 Å². The number of alkyl halides is 2. The molecule has 0 spiro atoms. The number of para-hydroxylation sites is 1. The summed E-state index contributed by atoms with van der Waals surface area (Å²) in [5.41, 5.74) is 4.54. The molecule has 17 nitrogen and oxygen atoms in total. The first-order valence-corrected chi connectivity index (χ1v) is 22.9. The number of fused-ring (bicyclic) bond motifs is 5. The number of anilines is 5. The van der Waals surface area contributed by atoms with E-state index in [4.69, 9.17) is 14.8 Å². The van der Waals surface area contributed by atoms with Gasteiger partial charge in [0.15, 0.2) is 12.3 Å². The summed E-state index contributed by atoms with van der Waals surface area (Å²) in [5.74, 6) is -2.68. The average molecular weight is 900 g/mol. The number of benzene rings is 2. The maximum Gasteiger partial charge on any atom is 0.301 e. The Kier molecular flexibility index (Phi) is 10.1. The van der Waals surface area contributed by atoms with Crippen LogP contribution in [0.5, 0.6) is 5.75 Å². The van der Waals surface area contributed by atoms with Gasteiger partial charge in [-0.05, 0) is 75.1 Å². The van der Waals surface area contributed by atoms with Crippen LogP contribution in [-0.4, -0.2) is 110 Å². The quantitative estimate of drug-likeness (QED) is 0.169. The van der Waals surface area contributed by atoms with Crippen molar-refractivity contribution in [1.29, 1.82) is 5.26 Å². The minimum absolute atomic E-state index is 0.119. The number of pyridine rings is 1. The zero-order chi connectivity index (χ0) is 45.6. The third-order valence-electron chi connectivity index (χ3n) is 14.4. The SMILES string of the molecule is C[C@H]1CN(c2cccc3c(C4CCC(=O)NC4=O)nn(C)c23)CCN1CC1CCN(c2cc(Nc3ccc4c(c3)c3c(c(=O)n4C)OCC(F)(F)[C@H](C4CC4)N3)n3ncc(C#N)c3n2)CC1. The molecule has 2 amide bonds. The van der Waals surface area contributed by atoms with Crippen molar-refractivity contribution >= 4 is 68.0 Å². The van der Waals surface area contributed by atoms with E-state index in [0.29, 0.717) is 77.1 Å². The van der Waals surface area contributed by atoms with Gasteiger partial charge >= 0.3 is 5.92 Å². The maximum atomic E-state index is 15.3. The van der Waals surface area contributed by atoms with Crippen molar-refractivity contribution < 1.29 is 23.1 Å². The molecular weight excluding hydrogens is 849 g/mol. The van der Waals surface area contributed by atoms with Crippen LogP contribution < -0.4 is 36.0 Å². The number of hydrogen-bond acceptors (Lipinski definition) is 13. The van der Waals surface area contributed by atoms with E-state index in [1.165, 1.54) is 10.8 Å². The normalized spacial score (nSPS) is 22.8. The summed E-state index contributed by atoms with van der Waals surface area (Å²) in [5, 5.41) is 29.8. The highest BCUT2D eigenvalue weighted by Crippen LogP contribution is 2.46. The number of halogens is 2. The number of rotatable bonds is 8. The number of piperazine rings is 1. The second-order valence-corrected chi connectivity index (χ2v) is 18.7. The Morgan fingerprint density at radius 3 is 2.56 bits per heavy atom. The third kappa shape index (κ3) is 7.22. The van der Waals surface area contributed by atoms with E-state index < -0.39 is 30.0 Å². The fourth-order valence-corrected chi connectivity index (χ4v) is 10.7. The molecule has 4 aromatic heterocycles. The predicted octanol–water partition coefficient (Wildman–Crippen LogP) is 5.25. The van der Waals surface area contributed by atoms with Crippen LogP contribution in [0.15, 0.2) is 53.5 Å². The number of carbonyl (C=O) groups is 2. The molecular formula is C47H51F2N13O4. The Hall–Kier alpha value is -6.81. The first-order valence-electron chi connectivity index (χ1n) is 22.9. The summed E-state index contributed by atoms with van der Waals surface area (Å²) in [6.07, 6.45) is 5.57. The second-order valence-electron chi connectivity index (χ2n) is 18.7. The molecule has 11 rings (SSSR count). The van der Waals surface area contributed by atoms with E-state index in [2.05, 4.69) is 54.8 Å². The van der Waals surface area contributed by atoms with Gasteiger partial charge in [0.05, 0.1) is 46.3 Å². The first-order chi connectivity index (χ1) is 31.8. The lowest BCUT2D eigenvalue weighted by Crippen LogP contribution is -2.54. The number of aryl methyl sites for hydroxylation is 2. The van der Waals surface area contributed by atoms with Crippen molar-refractivity contribution in [3.63, 3.8) is 0 Å². The van der Waals surface area contributed by atoms with Gasteiger partial charge < -0.3 is 29.7 Å². The van der Waals surface area contributed by atoms with Gasteiger partial charge in [0.1, 0.15) is 23.3 Å². The number of nitrogens with one attached hydrogen (secondary N) is 3. The monoisotopic (exact) mass is 899 g/mol. The van der Waals surface area contributed by atoms with E-state index in [1.54, 1.807) is 17.6 Å². The maximum absolute atomic E-state index is 15.3. The number of piperidine rings is 2. The third-order valence-corrected chi connectivity index (χ3v) is 14.4. The summed E-state index contributed by atoms with van der Waals surface area (Å²) < 4.78 is 41.1. The number of ether oxygens (including phenoxy) is 1. The molecule has 3 atom stereocenters. The zero-order valence-electron chi connectivity index (χ0n) is 37.1. The van der Waals surface area contributed by atoms with E-state index >= 15 is 8.78 Å². The number of aromatic nitrogens is 6. The van der Waals surface area contributed by atoms with E-state index in [1.807, 2.05) is 42.1 Å². The molecule has 5 aliphatic rings. The van der Waals surface area contributed by atoms with Crippen molar-refractivity contribution in [1.82, 2.24) is 39.2 Å². The van der Waals surface area contributed by atoms with Crippen LogP contribution in [0, 0.1) is 23.2 Å². The van der Waals surface area contributed by atoms with Crippen LogP contribution in [0.1, 0.15) is 62.6 Å². The summed E-state index contributed by atoms with van der Waals surface area (Å²) in [7, 11) is 3.53. The summed E-state index contributed by atoms with van der Waals surface area (Å²) >= 11 is 0. The van der Waals surface area contributed by atoms with Gasteiger partial charge in [0.25, 0.3) is 5.56 Å². The van der Waals surface area contributed by atoms with E-state index in [0.717, 1.165) is 74.4 Å². The molecule has 1 unspecified atom stereocenters. The molecule has 8 heterocycles. The van der Waals surface area contributed by atoms with Gasteiger partial charge in [-0.3, -0.25) is 29.3 Å². The summed E-state index contributed by atoms with van der Waals surface area (Å²) in [6.45, 7) is 6.57. The topological polar surface area (TPSA) is 183 Å². The van der Waals surface area contributed by atoms with Gasteiger partial charge in [-0.1, -0.05) is 12.1 Å². The fraction of sp³-hybridized carbons (Fsp3) is 0.468. The predicted molar refractivity (Wildman–Crippen MR) is 245 cm³/mol. The molecule has 1 aliphatic carbocycles. The molecule has 19 heteroatoms. The molecule has 3 N–H and O–H groups in total. The van der Waals surface area contributed by atoms with Crippen molar-refractivity contribution in [3.8, 4) is 11.8 Å². The van der Waals surface area contributed by atoms with E-state index in [-0.39, 0.29) is 29.2 Å². The molecule has 66 heavy (non-hydrogen) atoms. The van der Waals surface area contributed by atoms with Crippen molar-refractivity contribution in [2.75, 3.05) is 66.3 Å². The van der Waals surface area contributed by atoms with Crippen LogP contribution >= 0.6 is 0 Å². The Morgan fingerprint density at radius 2 is 1.80 bits per heavy atom. The molecule has 6 aromatic rings. The fourth-order valence-electron chi connectivity index (χ4n) is 10.7. The number of imide groups is 1. The van der Waals surface area contributed by atoms with Crippen LogP contribution in [0.2, 0.25) is 0 Å². The Bertz CT molecular complexity index is 3050. The van der Waals surface area contributed by atoms with E-state index in [9.17, 15) is 19.6 Å². The number of carbonyl (C=O) groups excluding carboxylic acids is 2. The molecule has 2 aromatic carbocycles. The number of amides is 2. The standard InChI is InChI=1S/C47H51F2N13O4/c1-26-23-61(35-6-4-5-31-39(56-58(3)41(31)35)32-10-12-38(63)54-45(32)64)18-17-60(26)24-27-13-15-59(16-14-27)36-20-37(62-44(53-36)29(21-50)22-51-62)52-30-9-11-34-33(19-30)40-42(46(65)57(34)2)66-25-47(48,49)43(55-40)28-7-8-28/h4-6,9,11,19-20,22,26-28,32,43,52,55H,7-8,10,12-18,23-25H2,1-3H3,(H,54,63,64)/t26-,32?,43-/m0/s1. The van der Waals surface area contributed by atoms with Gasteiger partial charge in [0.2, 0.25) is 17.6 Å². The average Bonchev–Trinajstić information content (AvgIpc) is 4.00. The molecule has 4 fully saturated rings. The highest BCUT2D eigenvalue weighted by atomic mass is 19.3. The Labute approximate surface area is 378 Å². The van der Waals surface area contributed by atoms with Crippen molar-refractivity contribution in [3.05, 3.63) is 70.3 Å². The van der Waals surface area contributed by atoms with Gasteiger partial charge in [-0.2, -0.15) is 20.0 Å². The van der Waals surface area contributed by atoms with Crippen LogP contribution in [0.25, 0.3) is 27.5 Å². The Morgan fingerprint density at radius 1 is 0.985 bits per heavy atom. The molecule has 342 valence electrons. The zero-order valence-corrected chi connectivity index (χ0v) is 37.1. The lowest BCUT2D eigenvalue weighted by atomic mass is 9.92. The minimum Gasteiger partial charge on any atom is -0.480 e. The molecule has 0 bridgehead atoms. The van der Waals surface area contributed by atoms with Gasteiger partial charge in [-0.25, -0.2) is 13.8 Å². The van der Waals surface area contributed by atoms with Crippen LogP contribution in [-0.2, 0) is 23.7 Å². The number of hydrogen-bond donors (Lipinski definition) is 3. The summed E-state index contributed by atoms with van der Waals surface area (Å²) in [4.78, 5) is 50.2. The lowest BCUT2D eigenvalue weighted by molar-refractivity contribution is -0.134. The van der Waals surface area contributed by atoms with Crippen LogP contribution in [0.3, 0.4) is 0 Å². The second kappa shape index (κ2) is 16.0. The molecule has 3 saturated heterocycles. The first kappa shape index (κ1) is 41.9. The minimum atomic E-state index is -3.15. The molecule has 0 radical (unpaired) electrons. The highest BCUT2D eigenvalue weighted by molar-refractivity contribution is 6.04. The summed E-state index contributed by atoms with van der Waals surface area (Å²) in [6, 6.07) is 14.9. The molecule has 4 aliphatic heterocycles. The van der Waals surface area contributed by atoms with Gasteiger partial charge in [-0.15, -0.1) is 0 Å². The van der Waals surface area contributed by atoms with Crippen molar-refractivity contribution in [2.45, 2.75) is 69.4 Å². The largest absolute Gasteiger partial charge is 0.480 e. The van der Waals surface area contributed by atoms with Crippen molar-refractivity contribution in [2.24, 2.45) is 25.9 Å². The Balaban J connectivity index is 0.788. The highest BCUT2D eigenvalue weighted by Gasteiger charge is 2.51. The smallest absolute Gasteiger partial charge is 0.301 e.